The van der Waals surface area contributed by atoms with Gasteiger partial charge in [0.15, 0.2) is 0 Å². The average Bonchev–Trinajstić information content (AvgIpc) is 3.30. The lowest BCUT2D eigenvalue weighted by Crippen LogP contribution is -2.49. The molecule has 0 aliphatic carbocycles. The van der Waals surface area contributed by atoms with E-state index in [0.29, 0.717) is 43.4 Å². The first-order valence-electron chi connectivity index (χ1n) is 20.9. The van der Waals surface area contributed by atoms with Crippen LogP contribution in [0.3, 0.4) is 0 Å². The normalized spacial score (nSPS) is 15.5. The minimum absolute atomic E-state index is 0.0504. The summed E-state index contributed by atoms with van der Waals surface area (Å²) in [5, 5.41) is 5.43. The lowest BCUT2D eigenvalue weighted by atomic mass is 10.1. The third-order valence-corrected chi connectivity index (χ3v) is 17.8. The van der Waals surface area contributed by atoms with E-state index in [-0.39, 0.29) is 58.5 Å². The van der Waals surface area contributed by atoms with Crippen molar-refractivity contribution >= 4 is 86.2 Å². The molecule has 19 nitrogen and oxygen atoms in total. The van der Waals surface area contributed by atoms with Crippen molar-refractivity contribution in [2.75, 3.05) is 108 Å². The smallest absolute Gasteiger partial charge is 0.257 e. The second-order valence-electron chi connectivity index (χ2n) is 16.1. The molecule has 0 bridgehead atoms. The number of nitrogens with zero attached hydrogens (tertiary/aromatic N) is 7. The Morgan fingerprint density at radius 2 is 0.896 bits per heavy atom. The van der Waals surface area contributed by atoms with Crippen LogP contribution < -0.4 is 29.0 Å². The number of hydrogen-bond acceptors (Lipinski definition) is 13. The molecular weight excluding hydrogens is 943 g/mol. The molecule has 5 aromatic rings. The van der Waals surface area contributed by atoms with Gasteiger partial charge in [-0.05, 0) is 85.8 Å². The zero-order valence-electron chi connectivity index (χ0n) is 37.4. The molecule has 2 N–H and O–H groups in total. The Morgan fingerprint density at radius 1 is 0.522 bits per heavy atom. The highest BCUT2D eigenvalue weighted by Crippen LogP contribution is 2.29. The van der Waals surface area contributed by atoms with Gasteiger partial charge >= 0.3 is 0 Å². The molecule has 67 heavy (non-hydrogen) atoms. The van der Waals surface area contributed by atoms with E-state index in [0.717, 1.165) is 32.5 Å². The average molecular weight is 994 g/mol. The highest BCUT2D eigenvalue weighted by atomic mass is 32.2. The minimum atomic E-state index is -3.89. The van der Waals surface area contributed by atoms with Crippen molar-refractivity contribution in [1.82, 2.24) is 13.6 Å². The van der Waals surface area contributed by atoms with Gasteiger partial charge in [-0.25, -0.2) is 38.7 Å². The van der Waals surface area contributed by atoms with Gasteiger partial charge in [-0.2, -0.15) is 8.61 Å². The van der Waals surface area contributed by atoms with Crippen molar-refractivity contribution in [3.8, 4) is 0 Å². The molecule has 3 heterocycles. The summed E-state index contributed by atoms with van der Waals surface area (Å²) in [5.74, 6) is -0.449. The van der Waals surface area contributed by atoms with Gasteiger partial charge in [0.1, 0.15) is 5.82 Å². The molecule has 0 unspecified atom stereocenters. The molecule has 2 aliphatic heterocycles. The molecule has 23 heteroatoms. The number of para-hydroxylation sites is 2. The zero-order chi connectivity index (χ0) is 48.5. The van der Waals surface area contributed by atoms with Gasteiger partial charge in [0.05, 0.1) is 44.8 Å². The van der Waals surface area contributed by atoms with E-state index in [1.807, 2.05) is 24.0 Å². The van der Waals surface area contributed by atoms with E-state index in [4.69, 9.17) is 4.98 Å². The molecule has 2 aliphatic rings. The number of benzene rings is 4. The summed E-state index contributed by atoms with van der Waals surface area (Å²) in [7, 11) is -12.3. The summed E-state index contributed by atoms with van der Waals surface area (Å²) in [6.45, 7) is 4.21. The fourth-order valence-corrected chi connectivity index (χ4v) is 11.6. The van der Waals surface area contributed by atoms with Crippen molar-refractivity contribution in [3.63, 3.8) is 0 Å². The molecule has 0 radical (unpaired) electrons. The summed E-state index contributed by atoms with van der Waals surface area (Å²) < 4.78 is 108. The first kappa shape index (κ1) is 48.8. The predicted octanol–water partition coefficient (Wildman–Crippen LogP) is 3.71. The van der Waals surface area contributed by atoms with Gasteiger partial charge in [-0.1, -0.05) is 24.3 Å². The van der Waals surface area contributed by atoms with E-state index >= 15 is 0 Å². The van der Waals surface area contributed by atoms with E-state index in [1.165, 1.54) is 95.5 Å². The Hall–Kier alpha value is -6.11. The maximum Gasteiger partial charge on any atom is 0.257 e. The van der Waals surface area contributed by atoms with E-state index < -0.39 is 51.9 Å². The van der Waals surface area contributed by atoms with Crippen LogP contribution in [0.5, 0.6) is 0 Å². The van der Waals surface area contributed by atoms with Gasteiger partial charge < -0.3 is 20.4 Å². The number of aromatic nitrogens is 1. The minimum Gasteiger partial charge on any atom is -0.369 e. The summed E-state index contributed by atoms with van der Waals surface area (Å²) in [4.78, 5) is 35.3. The second kappa shape index (κ2) is 19.2. The van der Waals surface area contributed by atoms with Crippen LogP contribution in [-0.2, 0) is 40.1 Å². The number of carbonyl (C=O) groups is 2. The molecule has 0 atom stereocenters. The zero-order valence-corrected chi connectivity index (χ0v) is 40.7. The SMILES string of the molecule is Cc1cc(N2CCN(S(=O)(=O)c3ccc(NC(=O)c4ccccc4N(C)S(C)(=O)=O)cc3)CC2)cc(N2CCN(S(=O)(=O)c3ccc(NC(=O)c4ccccc4N(C)S(C)(=O)=O)cc3)CC2)n1. The first-order valence-corrected chi connectivity index (χ1v) is 27.5. The van der Waals surface area contributed by atoms with Gasteiger partial charge in [-0.15, -0.1) is 0 Å². The third-order valence-electron chi connectivity index (χ3n) is 11.6. The summed E-state index contributed by atoms with van der Waals surface area (Å²) in [6, 6.07) is 28.0. The maximum atomic E-state index is 13.7. The van der Waals surface area contributed by atoms with Crippen molar-refractivity contribution in [3.05, 3.63) is 126 Å². The molecule has 0 saturated carbocycles. The largest absolute Gasteiger partial charge is 0.369 e. The number of rotatable bonds is 14. The molecule has 0 spiro atoms. The Bertz CT molecular complexity index is 2920. The number of hydrogen-bond donors (Lipinski definition) is 2. The van der Waals surface area contributed by atoms with Crippen LogP contribution in [0.4, 0.5) is 34.3 Å². The third kappa shape index (κ3) is 10.9. The Morgan fingerprint density at radius 3 is 1.28 bits per heavy atom. The van der Waals surface area contributed by atoms with Crippen LogP contribution in [-0.4, -0.2) is 138 Å². The van der Waals surface area contributed by atoms with E-state index in [2.05, 4.69) is 15.5 Å². The number of amides is 2. The van der Waals surface area contributed by atoms with Gasteiger partial charge in [-0.3, -0.25) is 18.2 Å². The van der Waals surface area contributed by atoms with Crippen LogP contribution in [0.15, 0.2) is 119 Å². The Kier molecular flexibility index (Phi) is 14.0. The number of aryl methyl sites for hydroxylation is 1. The monoisotopic (exact) mass is 993 g/mol. The molecule has 2 amide bonds. The molecule has 2 fully saturated rings. The number of anilines is 6. The summed E-state index contributed by atoms with van der Waals surface area (Å²) >= 11 is 0. The lowest BCUT2D eigenvalue weighted by Gasteiger charge is -2.37. The van der Waals surface area contributed by atoms with Crippen LogP contribution in [0.25, 0.3) is 0 Å². The molecule has 7 rings (SSSR count). The number of pyridine rings is 1. The Labute approximate surface area is 391 Å². The molecule has 4 aromatic carbocycles. The quantitative estimate of drug-likeness (QED) is 0.162. The molecule has 1 aromatic heterocycles. The number of carbonyl (C=O) groups excluding carboxylic acids is 2. The molecule has 356 valence electrons. The standard InChI is InChI=1S/C44H51N9O10S4/c1-32-30-35(50-22-26-52(27-23-50)66(60,61)36-18-14-33(15-19-36)46-43(54)38-10-6-8-12-40(38)48(2)64(4,56)57)31-42(45-32)51-24-28-53(29-25-51)67(62,63)37-20-16-34(17-21-37)47-44(55)39-11-7-9-13-41(39)49(3)65(5,58)59/h6-21,30-31H,22-29H2,1-5H3,(H,46,54)(H,47,55). The van der Waals surface area contributed by atoms with Gasteiger partial charge in [0.2, 0.25) is 40.1 Å². The second-order valence-corrected chi connectivity index (χ2v) is 24.0. The van der Waals surface area contributed by atoms with Gasteiger partial charge in [0.25, 0.3) is 11.8 Å². The Balaban J connectivity index is 0.931. The van der Waals surface area contributed by atoms with Crippen molar-refractivity contribution in [1.29, 1.82) is 0 Å². The van der Waals surface area contributed by atoms with Crippen molar-refractivity contribution in [2.45, 2.75) is 16.7 Å². The number of nitrogens with one attached hydrogen (secondary N) is 2. The van der Waals surface area contributed by atoms with E-state index in [1.54, 1.807) is 24.3 Å². The number of piperazine rings is 2. The topological polar surface area (TPSA) is 227 Å². The highest BCUT2D eigenvalue weighted by Gasteiger charge is 2.32. The van der Waals surface area contributed by atoms with Crippen molar-refractivity contribution < 1.29 is 43.3 Å². The van der Waals surface area contributed by atoms with Crippen LogP contribution in [0.2, 0.25) is 0 Å². The predicted molar refractivity (Wildman–Crippen MR) is 259 cm³/mol. The summed E-state index contributed by atoms with van der Waals surface area (Å²) in [5.41, 5.74) is 2.91. The van der Waals surface area contributed by atoms with Crippen LogP contribution in [0.1, 0.15) is 26.4 Å². The van der Waals surface area contributed by atoms with Crippen molar-refractivity contribution in [2.24, 2.45) is 0 Å². The molecule has 2 saturated heterocycles. The highest BCUT2D eigenvalue weighted by molar-refractivity contribution is 7.92. The fraction of sp³-hybridized carbons (Fsp3) is 0.295. The molecular formula is C44H51N9O10S4. The van der Waals surface area contributed by atoms with Gasteiger partial charge in [0, 0.05) is 95.3 Å². The first-order chi connectivity index (χ1) is 31.5. The fourth-order valence-electron chi connectivity index (χ4n) is 7.68. The van der Waals surface area contributed by atoms with E-state index in [9.17, 15) is 43.3 Å². The number of sulfonamides is 4. The van der Waals surface area contributed by atoms with Crippen LogP contribution >= 0.6 is 0 Å². The lowest BCUT2D eigenvalue weighted by molar-refractivity contribution is 0.101. The van der Waals surface area contributed by atoms with Crippen LogP contribution in [0, 0.1) is 6.92 Å². The summed E-state index contributed by atoms with van der Waals surface area (Å²) in [6.07, 6.45) is 2.07. The maximum absolute atomic E-state index is 13.7.